The summed E-state index contributed by atoms with van der Waals surface area (Å²) >= 11 is 0. The predicted octanol–water partition coefficient (Wildman–Crippen LogP) is 1.42. The number of carbonyl (C=O) groups is 1. The largest absolute Gasteiger partial charge is 0.368 e. The van der Waals surface area contributed by atoms with E-state index in [9.17, 15) is 4.79 Å². The molecule has 0 bridgehead atoms. The molecule has 1 N–H and O–H groups in total. The molecular weight excluding hydrogens is 302 g/mol. The van der Waals surface area contributed by atoms with Crippen LogP contribution < -0.4 is 10.2 Å². The number of pyridine rings is 2. The van der Waals surface area contributed by atoms with E-state index in [1.165, 1.54) is 5.69 Å². The van der Waals surface area contributed by atoms with Gasteiger partial charge in [-0.15, -0.1) is 0 Å². The van der Waals surface area contributed by atoms with Crippen molar-refractivity contribution in [3.63, 3.8) is 0 Å². The summed E-state index contributed by atoms with van der Waals surface area (Å²) in [5, 5.41) is 4.20. The summed E-state index contributed by atoms with van der Waals surface area (Å²) in [4.78, 5) is 25.5. The lowest BCUT2D eigenvalue weighted by Gasteiger charge is -2.38. The van der Waals surface area contributed by atoms with E-state index in [1.807, 2.05) is 25.4 Å². The summed E-state index contributed by atoms with van der Waals surface area (Å²) in [6, 6.07) is 4.38. The summed E-state index contributed by atoms with van der Waals surface area (Å²) in [7, 11) is 0. The fourth-order valence-corrected chi connectivity index (χ4v) is 3.32. The maximum atomic E-state index is 12.2. The summed E-state index contributed by atoms with van der Waals surface area (Å²) in [6.07, 6.45) is 7.79. The molecular formula is C18H23N5O. The van der Waals surface area contributed by atoms with E-state index in [0.717, 1.165) is 49.9 Å². The number of amides is 1. The van der Waals surface area contributed by atoms with Crippen molar-refractivity contribution < 1.29 is 4.79 Å². The van der Waals surface area contributed by atoms with Crippen molar-refractivity contribution in [3.8, 4) is 0 Å². The fourth-order valence-electron chi connectivity index (χ4n) is 3.32. The van der Waals surface area contributed by atoms with Gasteiger partial charge in [-0.1, -0.05) is 0 Å². The van der Waals surface area contributed by atoms with Crippen LogP contribution in [0.5, 0.6) is 0 Å². The highest BCUT2D eigenvalue weighted by molar-refractivity contribution is 5.90. The van der Waals surface area contributed by atoms with Crippen molar-refractivity contribution in [1.82, 2.24) is 20.2 Å². The molecule has 1 aliphatic carbocycles. The third-order valence-electron chi connectivity index (χ3n) is 5.03. The zero-order valence-electron chi connectivity index (χ0n) is 14.0. The number of hydrogen-bond donors (Lipinski definition) is 1. The molecule has 1 saturated heterocycles. The maximum absolute atomic E-state index is 12.2. The van der Waals surface area contributed by atoms with E-state index in [1.54, 1.807) is 6.20 Å². The summed E-state index contributed by atoms with van der Waals surface area (Å²) < 4.78 is 0. The van der Waals surface area contributed by atoms with Crippen LogP contribution in [0.15, 0.2) is 30.7 Å². The van der Waals surface area contributed by atoms with Crippen LogP contribution in [0.3, 0.4) is 0 Å². The monoisotopic (exact) mass is 325 g/mol. The van der Waals surface area contributed by atoms with E-state index >= 15 is 0 Å². The molecule has 2 aromatic rings. The number of fused-ring (bicyclic) bond motifs is 1. The van der Waals surface area contributed by atoms with E-state index < -0.39 is 0 Å². The first kappa shape index (κ1) is 15.3. The normalized spacial score (nSPS) is 20.1. The van der Waals surface area contributed by atoms with Crippen LogP contribution in [-0.4, -0.2) is 59.0 Å². The van der Waals surface area contributed by atoms with Crippen molar-refractivity contribution in [2.75, 3.05) is 31.1 Å². The SMILES string of the molecule is C[C@H](C(=O)NC1CC1)N1CCN(c2ccnc3ccncc23)CC1. The Hall–Kier alpha value is -2.21. The average Bonchev–Trinajstić information content (AvgIpc) is 3.45. The molecule has 4 rings (SSSR count). The number of rotatable bonds is 4. The molecule has 2 aromatic heterocycles. The number of carbonyl (C=O) groups excluding carboxylic acids is 1. The Labute approximate surface area is 141 Å². The first-order valence-corrected chi connectivity index (χ1v) is 8.70. The van der Waals surface area contributed by atoms with Gasteiger partial charge in [0.1, 0.15) is 0 Å². The molecule has 1 saturated carbocycles. The topological polar surface area (TPSA) is 61.4 Å². The van der Waals surface area contributed by atoms with Crippen LogP contribution in [0.1, 0.15) is 19.8 Å². The zero-order valence-corrected chi connectivity index (χ0v) is 14.0. The van der Waals surface area contributed by atoms with Gasteiger partial charge in [-0.25, -0.2) is 0 Å². The third kappa shape index (κ3) is 3.06. The highest BCUT2D eigenvalue weighted by Crippen LogP contribution is 2.26. The second kappa shape index (κ2) is 6.36. The van der Waals surface area contributed by atoms with Crippen molar-refractivity contribution in [2.45, 2.75) is 31.8 Å². The second-order valence-electron chi connectivity index (χ2n) is 6.70. The highest BCUT2D eigenvalue weighted by atomic mass is 16.2. The molecule has 3 heterocycles. The predicted molar refractivity (Wildman–Crippen MR) is 94.0 cm³/mol. The van der Waals surface area contributed by atoms with Gasteiger partial charge in [0.05, 0.1) is 11.6 Å². The van der Waals surface area contributed by atoms with Crippen LogP contribution in [0.2, 0.25) is 0 Å². The summed E-state index contributed by atoms with van der Waals surface area (Å²) in [6.45, 7) is 5.62. The van der Waals surface area contributed by atoms with Crippen LogP contribution in [0.25, 0.3) is 10.9 Å². The second-order valence-corrected chi connectivity index (χ2v) is 6.70. The van der Waals surface area contributed by atoms with E-state index in [2.05, 4.69) is 31.2 Å². The highest BCUT2D eigenvalue weighted by Gasteiger charge is 2.30. The van der Waals surface area contributed by atoms with Crippen molar-refractivity contribution in [2.24, 2.45) is 0 Å². The lowest BCUT2D eigenvalue weighted by molar-refractivity contribution is -0.126. The minimum atomic E-state index is -0.0522. The Kier molecular flexibility index (Phi) is 4.06. The number of piperazine rings is 1. The number of anilines is 1. The van der Waals surface area contributed by atoms with Gasteiger partial charge < -0.3 is 10.2 Å². The molecule has 1 atom stereocenters. The lowest BCUT2D eigenvalue weighted by Crippen LogP contribution is -2.54. The van der Waals surface area contributed by atoms with Gasteiger partial charge in [-0.2, -0.15) is 0 Å². The molecule has 2 aliphatic rings. The molecule has 6 heteroatoms. The number of hydrogen-bond acceptors (Lipinski definition) is 5. The summed E-state index contributed by atoms with van der Waals surface area (Å²) in [5.41, 5.74) is 2.16. The van der Waals surface area contributed by atoms with Crippen LogP contribution in [0.4, 0.5) is 5.69 Å². The molecule has 2 fully saturated rings. The quantitative estimate of drug-likeness (QED) is 0.921. The van der Waals surface area contributed by atoms with Gasteiger partial charge in [-0.05, 0) is 31.9 Å². The zero-order chi connectivity index (χ0) is 16.5. The van der Waals surface area contributed by atoms with Gasteiger partial charge in [-0.3, -0.25) is 19.7 Å². The Morgan fingerprint density at radius 1 is 1.21 bits per heavy atom. The third-order valence-corrected chi connectivity index (χ3v) is 5.03. The van der Waals surface area contributed by atoms with Gasteiger partial charge in [0.25, 0.3) is 0 Å². The molecule has 6 nitrogen and oxygen atoms in total. The minimum absolute atomic E-state index is 0.0522. The van der Waals surface area contributed by atoms with Crippen LogP contribution in [-0.2, 0) is 4.79 Å². The lowest BCUT2D eigenvalue weighted by atomic mass is 10.1. The molecule has 126 valence electrons. The number of nitrogens with one attached hydrogen (secondary N) is 1. The van der Waals surface area contributed by atoms with Gasteiger partial charge >= 0.3 is 0 Å². The van der Waals surface area contributed by atoms with E-state index in [4.69, 9.17) is 0 Å². The van der Waals surface area contributed by atoms with Crippen LogP contribution >= 0.6 is 0 Å². The Balaban J connectivity index is 1.42. The van der Waals surface area contributed by atoms with Crippen LogP contribution in [0, 0.1) is 0 Å². The van der Waals surface area contributed by atoms with E-state index in [-0.39, 0.29) is 11.9 Å². The summed E-state index contributed by atoms with van der Waals surface area (Å²) in [5.74, 6) is 0.171. The Morgan fingerprint density at radius 3 is 2.75 bits per heavy atom. The molecule has 0 spiro atoms. The first-order chi connectivity index (χ1) is 11.7. The molecule has 1 aliphatic heterocycles. The first-order valence-electron chi connectivity index (χ1n) is 8.70. The molecule has 24 heavy (non-hydrogen) atoms. The molecule has 1 amide bonds. The smallest absolute Gasteiger partial charge is 0.237 e. The van der Waals surface area contributed by atoms with Gasteiger partial charge in [0.15, 0.2) is 0 Å². The average molecular weight is 325 g/mol. The Bertz CT molecular complexity index is 732. The van der Waals surface area contributed by atoms with Crippen molar-refractivity contribution >= 4 is 22.5 Å². The molecule has 0 aromatic carbocycles. The number of nitrogens with zero attached hydrogens (tertiary/aromatic N) is 4. The van der Waals surface area contributed by atoms with Crippen molar-refractivity contribution in [1.29, 1.82) is 0 Å². The fraction of sp³-hybridized carbons (Fsp3) is 0.500. The van der Waals surface area contributed by atoms with E-state index in [0.29, 0.717) is 6.04 Å². The molecule has 0 radical (unpaired) electrons. The number of aromatic nitrogens is 2. The Morgan fingerprint density at radius 2 is 2.00 bits per heavy atom. The standard InChI is InChI=1S/C18H23N5O/c1-13(18(24)21-14-2-3-14)22-8-10-23(11-9-22)17-5-7-20-16-4-6-19-12-15(16)17/h4-7,12-14H,2-3,8-11H2,1H3,(H,21,24)/t13-/m1/s1. The minimum Gasteiger partial charge on any atom is -0.368 e. The van der Waals surface area contributed by atoms with Gasteiger partial charge in [0, 0.05) is 61.9 Å². The van der Waals surface area contributed by atoms with Crippen molar-refractivity contribution in [3.05, 3.63) is 30.7 Å². The molecule has 0 unspecified atom stereocenters. The van der Waals surface area contributed by atoms with Gasteiger partial charge in [0.2, 0.25) is 5.91 Å². The maximum Gasteiger partial charge on any atom is 0.237 e.